The van der Waals surface area contributed by atoms with Crippen LogP contribution >= 0.6 is 0 Å². The van der Waals surface area contributed by atoms with Crippen molar-refractivity contribution in [2.75, 3.05) is 33.1 Å². The largest absolute Gasteiger partial charge is 0.349 e. The minimum absolute atomic E-state index is 0.538. The highest BCUT2D eigenvalue weighted by atomic mass is 19.1. The predicted octanol–water partition coefficient (Wildman–Crippen LogP) is 1.42. The molecule has 0 aliphatic carbocycles. The van der Waals surface area contributed by atoms with E-state index in [0.717, 1.165) is 19.6 Å². The van der Waals surface area contributed by atoms with Crippen molar-refractivity contribution in [3.63, 3.8) is 0 Å². The molecule has 0 radical (unpaired) electrons. The molecule has 1 fully saturated rings. The highest BCUT2D eigenvalue weighted by Gasteiger charge is 2.08. The fraction of sp³-hybridized carbons (Fsp3) is 1.00. The second kappa shape index (κ2) is 5.49. The molecule has 1 heterocycles. The Kier molecular flexibility index (Phi) is 4.47. The molecule has 0 aromatic rings. The number of ether oxygens (including phenoxy) is 1. The Morgan fingerprint density at radius 1 is 1.18 bits per heavy atom. The van der Waals surface area contributed by atoms with Crippen molar-refractivity contribution < 1.29 is 9.13 Å². The van der Waals surface area contributed by atoms with Gasteiger partial charge in [0.15, 0.2) is 6.86 Å². The zero-order valence-corrected chi connectivity index (χ0v) is 6.89. The molecule has 1 rings (SSSR count). The van der Waals surface area contributed by atoms with E-state index in [0.29, 0.717) is 6.61 Å². The second-order valence-corrected chi connectivity index (χ2v) is 2.92. The van der Waals surface area contributed by atoms with Crippen LogP contribution in [-0.2, 0) is 4.74 Å². The normalized spacial score (nSPS) is 20.5. The number of halogens is 1. The van der Waals surface area contributed by atoms with E-state index >= 15 is 0 Å². The van der Waals surface area contributed by atoms with Crippen LogP contribution in [0.4, 0.5) is 4.39 Å². The molecule has 1 aliphatic heterocycles. The van der Waals surface area contributed by atoms with E-state index in [1.807, 2.05) is 0 Å². The Hall–Kier alpha value is -0.150. The Balaban J connectivity index is 1.96. The van der Waals surface area contributed by atoms with Crippen molar-refractivity contribution in [2.45, 2.75) is 19.3 Å². The van der Waals surface area contributed by atoms with Gasteiger partial charge in [-0.2, -0.15) is 0 Å². The van der Waals surface area contributed by atoms with Crippen molar-refractivity contribution in [1.29, 1.82) is 0 Å². The number of hydrogen-bond donors (Lipinski definition) is 0. The number of hydrogen-bond acceptors (Lipinski definition) is 2. The van der Waals surface area contributed by atoms with Crippen molar-refractivity contribution in [3.05, 3.63) is 0 Å². The Morgan fingerprint density at radius 2 is 1.91 bits per heavy atom. The first-order valence-electron chi connectivity index (χ1n) is 4.29. The monoisotopic (exact) mass is 161 g/mol. The first-order chi connectivity index (χ1) is 5.43. The van der Waals surface area contributed by atoms with Crippen LogP contribution in [0.25, 0.3) is 0 Å². The van der Waals surface area contributed by atoms with Crippen LogP contribution in [0.3, 0.4) is 0 Å². The van der Waals surface area contributed by atoms with Gasteiger partial charge in [0.05, 0.1) is 6.61 Å². The molecule has 0 aromatic carbocycles. The molecule has 0 N–H and O–H groups in total. The third kappa shape index (κ3) is 3.68. The van der Waals surface area contributed by atoms with Gasteiger partial charge in [0, 0.05) is 6.54 Å². The predicted molar refractivity (Wildman–Crippen MR) is 42.2 cm³/mol. The van der Waals surface area contributed by atoms with E-state index < -0.39 is 6.86 Å². The van der Waals surface area contributed by atoms with Gasteiger partial charge in [-0.25, -0.2) is 4.39 Å². The summed E-state index contributed by atoms with van der Waals surface area (Å²) in [6.07, 6.45) is 3.92. The van der Waals surface area contributed by atoms with E-state index in [1.54, 1.807) is 0 Å². The van der Waals surface area contributed by atoms with Gasteiger partial charge < -0.3 is 9.64 Å². The lowest BCUT2D eigenvalue weighted by Crippen LogP contribution is -2.32. The molecule has 0 aromatic heterocycles. The Morgan fingerprint density at radius 3 is 2.55 bits per heavy atom. The van der Waals surface area contributed by atoms with E-state index in [2.05, 4.69) is 9.64 Å². The standard InChI is InChI=1S/C8H16FNO/c9-8-11-7-6-10-4-2-1-3-5-10/h1-8H2. The van der Waals surface area contributed by atoms with E-state index in [1.165, 1.54) is 19.3 Å². The van der Waals surface area contributed by atoms with Crippen molar-refractivity contribution in [2.24, 2.45) is 0 Å². The lowest BCUT2D eigenvalue weighted by atomic mass is 10.1. The van der Waals surface area contributed by atoms with Crippen LogP contribution in [0.5, 0.6) is 0 Å². The lowest BCUT2D eigenvalue weighted by molar-refractivity contribution is 0.0396. The molecule has 11 heavy (non-hydrogen) atoms. The summed E-state index contributed by atoms with van der Waals surface area (Å²) in [6, 6.07) is 0. The topological polar surface area (TPSA) is 12.5 Å². The number of alkyl halides is 1. The molecule has 0 saturated carbocycles. The minimum Gasteiger partial charge on any atom is -0.349 e. The summed E-state index contributed by atoms with van der Waals surface area (Å²) in [5.41, 5.74) is 0. The van der Waals surface area contributed by atoms with Gasteiger partial charge in [0.1, 0.15) is 0 Å². The van der Waals surface area contributed by atoms with E-state index in [9.17, 15) is 4.39 Å². The first-order valence-corrected chi connectivity index (χ1v) is 4.29. The van der Waals surface area contributed by atoms with Crippen LogP contribution in [0.1, 0.15) is 19.3 Å². The summed E-state index contributed by atoms with van der Waals surface area (Å²) in [5, 5.41) is 0. The summed E-state index contributed by atoms with van der Waals surface area (Å²) < 4.78 is 16.1. The summed E-state index contributed by atoms with van der Waals surface area (Å²) >= 11 is 0. The summed E-state index contributed by atoms with van der Waals surface area (Å²) in [5.74, 6) is 0. The maximum atomic E-state index is 11.5. The maximum absolute atomic E-state index is 11.5. The molecule has 0 bridgehead atoms. The fourth-order valence-electron chi connectivity index (χ4n) is 1.43. The van der Waals surface area contributed by atoms with Crippen LogP contribution in [0.15, 0.2) is 0 Å². The number of nitrogens with zero attached hydrogens (tertiary/aromatic N) is 1. The van der Waals surface area contributed by atoms with Crippen molar-refractivity contribution in [3.8, 4) is 0 Å². The molecular weight excluding hydrogens is 145 g/mol. The van der Waals surface area contributed by atoms with Gasteiger partial charge in [-0.05, 0) is 25.9 Å². The summed E-state index contributed by atoms with van der Waals surface area (Å²) in [4.78, 5) is 2.33. The van der Waals surface area contributed by atoms with Crippen molar-refractivity contribution >= 4 is 0 Å². The minimum atomic E-state index is -0.645. The van der Waals surface area contributed by atoms with E-state index in [-0.39, 0.29) is 0 Å². The Labute approximate surface area is 67.3 Å². The number of piperidine rings is 1. The van der Waals surface area contributed by atoms with Crippen LogP contribution in [0.2, 0.25) is 0 Å². The molecule has 0 amide bonds. The molecule has 3 heteroatoms. The molecule has 0 spiro atoms. The molecule has 0 unspecified atom stereocenters. The number of likely N-dealkylation sites (tertiary alicyclic amines) is 1. The molecule has 0 atom stereocenters. The SMILES string of the molecule is FCOCCN1CCCCC1. The zero-order valence-electron chi connectivity index (χ0n) is 6.89. The van der Waals surface area contributed by atoms with Gasteiger partial charge in [-0.1, -0.05) is 6.42 Å². The highest BCUT2D eigenvalue weighted by molar-refractivity contribution is 4.63. The van der Waals surface area contributed by atoms with Gasteiger partial charge in [0.2, 0.25) is 0 Å². The first kappa shape index (κ1) is 8.94. The third-order valence-electron chi connectivity index (χ3n) is 2.08. The van der Waals surface area contributed by atoms with Crippen LogP contribution in [0, 0.1) is 0 Å². The highest BCUT2D eigenvalue weighted by Crippen LogP contribution is 2.07. The molecule has 2 nitrogen and oxygen atoms in total. The number of rotatable bonds is 4. The molecular formula is C8H16FNO. The molecule has 1 aliphatic rings. The smallest absolute Gasteiger partial charge is 0.188 e. The molecule has 1 saturated heterocycles. The average molecular weight is 161 g/mol. The fourth-order valence-corrected chi connectivity index (χ4v) is 1.43. The van der Waals surface area contributed by atoms with Gasteiger partial charge in [0.25, 0.3) is 0 Å². The van der Waals surface area contributed by atoms with Crippen LogP contribution < -0.4 is 0 Å². The van der Waals surface area contributed by atoms with Crippen molar-refractivity contribution in [1.82, 2.24) is 4.90 Å². The Bertz CT molecular complexity index is 94.1. The lowest BCUT2D eigenvalue weighted by Gasteiger charge is -2.25. The summed E-state index contributed by atoms with van der Waals surface area (Å²) in [7, 11) is 0. The van der Waals surface area contributed by atoms with E-state index in [4.69, 9.17) is 0 Å². The maximum Gasteiger partial charge on any atom is 0.188 e. The quantitative estimate of drug-likeness (QED) is 0.578. The average Bonchev–Trinajstić information content (AvgIpc) is 2.07. The second-order valence-electron chi connectivity index (χ2n) is 2.92. The molecule has 66 valence electrons. The van der Waals surface area contributed by atoms with Gasteiger partial charge >= 0.3 is 0 Å². The van der Waals surface area contributed by atoms with Gasteiger partial charge in [-0.15, -0.1) is 0 Å². The van der Waals surface area contributed by atoms with Crippen LogP contribution in [-0.4, -0.2) is 38.0 Å². The summed E-state index contributed by atoms with van der Waals surface area (Å²) in [6.45, 7) is 3.11. The zero-order chi connectivity index (χ0) is 7.94. The third-order valence-corrected chi connectivity index (χ3v) is 2.08. The van der Waals surface area contributed by atoms with Gasteiger partial charge in [-0.3, -0.25) is 0 Å².